The Labute approximate surface area is 194 Å². The minimum absolute atomic E-state index is 0.263. The summed E-state index contributed by atoms with van der Waals surface area (Å²) < 4.78 is 47.4. The van der Waals surface area contributed by atoms with Gasteiger partial charge in [0.25, 0.3) is 0 Å². The number of nitrogens with one attached hydrogen (secondary N) is 2. The van der Waals surface area contributed by atoms with Crippen LogP contribution in [0.2, 0.25) is 0 Å². The molecular formula is C23H25F3N2O4S. The fourth-order valence-corrected chi connectivity index (χ4v) is 4.05. The predicted octanol–water partition coefficient (Wildman–Crippen LogP) is 3.93. The van der Waals surface area contributed by atoms with Crippen molar-refractivity contribution in [2.75, 3.05) is 18.6 Å². The lowest BCUT2D eigenvalue weighted by atomic mass is 10.0. The number of thioether (sulfide) groups is 1. The van der Waals surface area contributed by atoms with Gasteiger partial charge in [-0.3, -0.25) is 9.59 Å². The zero-order chi connectivity index (χ0) is 24.0. The Bertz CT molecular complexity index is 1000. The van der Waals surface area contributed by atoms with Crippen molar-refractivity contribution >= 4 is 23.6 Å². The maximum Gasteiger partial charge on any atom is 0.573 e. The van der Waals surface area contributed by atoms with E-state index in [0.717, 1.165) is 16.9 Å². The van der Waals surface area contributed by atoms with Crippen LogP contribution in [0.3, 0.4) is 0 Å². The lowest BCUT2D eigenvalue weighted by molar-refractivity contribution is -0.274. The van der Waals surface area contributed by atoms with Gasteiger partial charge in [0.1, 0.15) is 23.6 Å². The van der Waals surface area contributed by atoms with E-state index in [0.29, 0.717) is 24.2 Å². The smallest absolute Gasteiger partial charge is 0.488 e. The molecule has 2 N–H and O–H groups in total. The lowest BCUT2D eigenvalue weighted by Gasteiger charge is -2.19. The molecule has 0 aromatic heterocycles. The molecule has 178 valence electrons. The monoisotopic (exact) mass is 482 g/mol. The van der Waals surface area contributed by atoms with Crippen LogP contribution < -0.4 is 20.1 Å². The van der Waals surface area contributed by atoms with E-state index in [1.54, 1.807) is 30.0 Å². The maximum absolute atomic E-state index is 12.5. The van der Waals surface area contributed by atoms with Gasteiger partial charge in [0.2, 0.25) is 11.8 Å². The van der Waals surface area contributed by atoms with Crippen molar-refractivity contribution in [3.8, 4) is 22.6 Å². The number of hydrogen-bond acceptors (Lipinski definition) is 5. The van der Waals surface area contributed by atoms with Gasteiger partial charge < -0.3 is 20.1 Å². The molecule has 3 rings (SSSR count). The number of rotatable bonds is 9. The second kappa shape index (κ2) is 10.8. The van der Waals surface area contributed by atoms with Crippen molar-refractivity contribution < 1.29 is 32.2 Å². The summed E-state index contributed by atoms with van der Waals surface area (Å²) in [5, 5.41) is 5.50. The molecule has 1 aliphatic rings. The molecule has 1 heterocycles. The van der Waals surface area contributed by atoms with E-state index in [1.807, 2.05) is 12.3 Å². The molecule has 0 fully saturated rings. The molecule has 33 heavy (non-hydrogen) atoms. The highest BCUT2D eigenvalue weighted by molar-refractivity contribution is 7.98. The number of carbonyl (C=O) groups excluding carboxylic acids is 2. The summed E-state index contributed by atoms with van der Waals surface area (Å²) in [4.78, 5) is 23.9. The van der Waals surface area contributed by atoms with Crippen LogP contribution in [0.1, 0.15) is 18.9 Å². The van der Waals surface area contributed by atoms with Gasteiger partial charge in [-0.15, -0.1) is 13.2 Å². The second-order valence-electron chi connectivity index (χ2n) is 7.62. The molecule has 0 saturated carbocycles. The van der Waals surface area contributed by atoms with E-state index in [4.69, 9.17) is 4.74 Å². The van der Waals surface area contributed by atoms with Gasteiger partial charge in [0.15, 0.2) is 0 Å². The maximum atomic E-state index is 12.5. The van der Waals surface area contributed by atoms with E-state index in [2.05, 4.69) is 15.4 Å². The third-order valence-corrected chi connectivity index (χ3v) is 5.66. The van der Waals surface area contributed by atoms with Crippen molar-refractivity contribution in [2.45, 2.75) is 38.3 Å². The average molecular weight is 483 g/mol. The Morgan fingerprint density at radius 1 is 1.21 bits per heavy atom. The van der Waals surface area contributed by atoms with Crippen molar-refractivity contribution in [1.82, 2.24) is 10.6 Å². The fourth-order valence-electron chi connectivity index (χ4n) is 3.57. The zero-order valence-electron chi connectivity index (χ0n) is 18.2. The summed E-state index contributed by atoms with van der Waals surface area (Å²) in [6.07, 6.45) is -2.04. The minimum Gasteiger partial charge on any atom is -0.488 e. The molecule has 0 spiro atoms. The zero-order valence-corrected chi connectivity index (χ0v) is 19.0. The lowest BCUT2D eigenvalue weighted by Crippen LogP contribution is -2.48. The third-order valence-electron chi connectivity index (χ3n) is 5.01. The Morgan fingerprint density at radius 3 is 2.67 bits per heavy atom. The van der Waals surface area contributed by atoms with Crippen LogP contribution in [0.5, 0.6) is 11.5 Å². The highest BCUT2D eigenvalue weighted by atomic mass is 32.2. The van der Waals surface area contributed by atoms with E-state index < -0.39 is 12.4 Å². The number of hydrogen-bond donors (Lipinski definition) is 2. The minimum atomic E-state index is -4.75. The molecule has 2 amide bonds. The quantitative estimate of drug-likeness (QED) is 0.567. The predicted molar refractivity (Wildman–Crippen MR) is 120 cm³/mol. The molecule has 0 bridgehead atoms. The number of halogens is 3. The molecule has 2 aromatic carbocycles. The topological polar surface area (TPSA) is 76.7 Å². The van der Waals surface area contributed by atoms with Gasteiger partial charge in [0.05, 0.1) is 6.54 Å². The molecule has 6 nitrogen and oxygen atoms in total. The van der Waals surface area contributed by atoms with Crippen molar-refractivity contribution in [1.29, 1.82) is 0 Å². The summed E-state index contributed by atoms with van der Waals surface area (Å²) in [5.41, 5.74) is 2.22. The molecule has 0 aliphatic carbocycles. The van der Waals surface area contributed by atoms with Crippen LogP contribution in [-0.4, -0.2) is 48.9 Å². The Kier molecular flexibility index (Phi) is 8.12. The largest absolute Gasteiger partial charge is 0.573 e. The van der Waals surface area contributed by atoms with Crippen LogP contribution in [0, 0.1) is 0 Å². The normalized spacial score (nSPS) is 15.8. The summed E-state index contributed by atoms with van der Waals surface area (Å²) in [5.74, 6) is 0.592. The molecule has 2 atom stereocenters. The van der Waals surface area contributed by atoms with E-state index >= 15 is 0 Å². The summed E-state index contributed by atoms with van der Waals surface area (Å²) in [6.45, 7) is 1.64. The van der Waals surface area contributed by atoms with Crippen LogP contribution in [0.25, 0.3) is 11.1 Å². The number of fused-ring (bicyclic) bond motifs is 1. The Morgan fingerprint density at radius 2 is 1.97 bits per heavy atom. The van der Waals surface area contributed by atoms with Crippen molar-refractivity contribution in [3.05, 3.63) is 48.0 Å². The summed E-state index contributed by atoms with van der Waals surface area (Å²) in [6, 6.07) is 10.6. The molecule has 0 saturated heterocycles. The van der Waals surface area contributed by atoms with Gasteiger partial charge >= 0.3 is 6.36 Å². The van der Waals surface area contributed by atoms with Crippen LogP contribution in [0.15, 0.2) is 42.5 Å². The van der Waals surface area contributed by atoms with Gasteiger partial charge in [-0.25, -0.2) is 0 Å². The van der Waals surface area contributed by atoms with Crippen LogP contribution in [-0.2, 0) is 16.0 Å². The second-order valence-corrected chi connectivity index (χ2v) is 8.61. The molecule has 0 radical (unpaired) electrons. The third kappa shape index (κ3) is 7.31. The number of benzene rings is 2. The molecule has 1 aliphatic heterocycles. The molecule has 10 heteroatoms. The average Bonchev–Trinajstić information content (AvgIpc) is 3.16. The number of alkyl halides is 3. The number of amides is 2. The summed E-state index contributed by atoms with van der Waals surface area (Å²) >= 11 is 1.59. The van der Waals surface area contributed by atoms with Crippen LogP contribution in [0.4, 0.5) is 13.2 Å². The molecule has 2 aromatic rings. The van der Waals surface area contributed by atoms with E-state index in [1.165, 1.54) is 25.1 Å². The van der Waals surface area contributed by atoms with E-state index in [-0.39, 0.29) is 30.2 Å². The highest BCUT2D eigenvalue weighted by Crippen LogP contribution is 2.34. The van der Waals surface area contributed by atoms with E-state index in [9.17, 15) is 22.8 Å². The van der Waals surface area contributed by atoms with Crippen molar-refractivity contribution in [3.63, 3.8) is 0 Å². The Hall–Kier alpha value is -2.88. The number of ether oxygens (including phenoxy) is 2. The standard InChI is InChI=1S/C23H25F3N2O4S/c1-14(29)28-20(8-9-33-2)22(30)27-13-19-12-17-10-16(6-7-21(17)31-19)15-4-3-5-18(11-15)32-23(24,25)26/h3-7,10-11,19-20H,8-9,12-13H2,1-2H3,(H,27,30)(H,28,29)/t19?,20-/m0/s1. The van der Waals surface area contributed by atoms with Gasteiger partial charge in [-0.1, -0.05) is 18.2 Å². The Balaban J connectivity index is 1.61. The SMILES string of the molecule is CSCC[C@H](NC(C)=O)C(=O)NCC1Cc2cc(-c3cccc(OC(F)(F)F)c3)ccc2O1. The van der Waals surface area contributed by atoms with Crippen molar-refractivity contribution in [2.24, 2.45) is 0 Å². The number of carbonyl (C=O) groups is 2. The first kappa shape index (κ1) is 24.8. The first-order valence-electron chi connectivity index (χ1n) is 10.3. The fraction of sp³-hybridized carbons (Fsp3) is 0.391. The van der Waals surface area contributed by atoms with Gasteiger partial charge in [-0.2, -0.15) is 11.8 Å². The molecule has 1 unspecified atom stereocenters. The van der Waals surface area contributed by atoms with Crippen LogP contribution >= 0.6 is 11.8 Å². The van der Waals surface area contributed by atoms with Gasteiger partial charge in [0, 0.05) is 13.3 Å². The summed E-state index contributed by atoms with van der Waals surface area (Å²) in [7, 11) is 0. The highest BCUT2D eigenvalue weighted by Gasteiger charge is 2.31. The van der Waals surface area contributed by atoms with Gasteiger partial charge in [-0.05, 0) is 59.4 Å². The first-order chi connectivity index (χ1) is 15.6. The molecular weight excluding hydrogens is 457 g/mol. The first-order valence-corrected chi connectivity index (χ1v) is 11.7.